The van der Waals surface area contributed by atoms with E-state index < -0.39 is 35.1 Å². The number of carbonyl (C=O) groups is 2. The van der Waals surface area contributed by atoms with Crippen molar-refractivity contribution in [3.05, 3.63) is 62.8 Å². The fourth-order valence-corrected chi connectivity index (χ4v) is 4.69. The number of nitriles is 1. The molecule has 2 fully saturated rings. The minimum absolute atomic E-state index is 0.0510. The highest BCUT2D eigenvalue weighted by atomic mass is 19.1. The van der Waals surface area contributed by atoms with Crippen LogP contribution in [0.25, 0.3) is 10.9 Å². The van der Waals surface area contributed by atoms with Crippen molar-refractivity contribution in [2.75, 3.05) is 30.3 Å². The lowest BCUT2D eigenvalue weighted by Gasteiger charge is -2.32. The Bertz CT molecular complexity index is 1650. The van der Waals surface area contributed by atoms with Gasteiger partial charge in [-0.1, -0.05) is 0 Å². The maximum absolute atomic E-state index is 13.8. The Labute approximate surface area is 228 Å². The molecule has 208 valence electrons. The van der Waals surface area contributed by atoms with Crippen LogP contribution in [0.5, 0.6) is 0 Å². The standard InChI is InChI=1S/C27H28FN7O5/c1-15(2)35-22-6-5-17(9-19(22)25(37)34(27(35)39)13-16-3-4-16)32-26(38)33-7-8-40-23(14-33)24(36)31-18-10-20(28)21(11-29)30-12-18/h5-6,9-10,12,15-16,23H,3-4,7-8,13-14H2,1-2H3,(H,31,36)(H,32,38)/t23-/m1/s1. The normalized spacial score (nSPS) is 17.1. The molecule has 1 atom stereocenters. The number of morpholine rings is 1. The number of halogens is 1. The molecule has 3 amide bonds. The van der Waals surface area contributed by atoms with Gasteiger partial charge in [0.2, 0.25) is 0 Å². The van der Waals surface area contributed by atoms with Gasteiger partial charge in [0.1, 0.15) is 6.07 Å². The SMILES string of the molecule is CC(C)n1c(=O)n(CC2CC2)c(=O)c2cc(NC(=O)N3CCO[C@@H](C(=O)Nc4cnc(C#N)c(F)c4)C3)ccc21. The minimum Gasteiger partial charge on any atom is -0.365 e. The van der Waals surface area contributed by atoms with E-state index in [9.17, 15) is 23.6 Å². The number of hydrogen-bond donors (Lipinski definition) is 2. The van der Waals surface area contributed by atoms with Crippen LogP contribution in [0.3, 0.4) is 0 Å². The molecule has 12 nitrogen and oxygen atoms in total. The van der Waals surface area contributed by atoms with Gasteiger partial charge in [0.15, 0.2) is 17.6 Å². The van der Waals surface area contributed by atoms with E-state index in [4.69, 9.17) is 10.00 Å². The summed E-state index contributed by atoms with van der Waals surface area (Å²) in [5, 5.41) is 14.4. The maximum Gasteiger partial charge on any atom is 0.331 e. The zero-order valence-electron chi connectivity index (χ0n) is 22.0. The summed E-state index contributed by atoms with van der Waals surface area (Å²) < 4.78 is 22.2. The molecule has 1 saturated carbocycles. The summed E-state index contributed by atoms with van der Waals surface area (Å²) in [6, 6.07) is 6.75. The van der Waals surface area contributed by atoms with E-state index in [0.717, 1.165) is 25.1 Å². The molecule has 2 aromatic heterocycles. The van der Waals surface area contributed by atoms with Crippen molar-refractivity contribution in [2.45, 2.75) is 45.4 Å². The van der Waals surface area contributed by atoms with Crippen LogP contribution in [-0.4, -0.2) is 56.8 Å². The van der Waals surface area contributed by atoms with Crippen LogP contribution in [0, 0.1) is 23.1 Å². The van der Waals surface area contributed by atoms with Crippen LogP contribution in [0.15, 0.2) is 40.1 Å². The largest absolute Gasteiger partial charge is 0.365 e. The summed E-state index contributed by atoms with van der Waals surface area (Å²) in [6.07, 6.45) is 2.11. The molecule has 3 aromatic rings. The van der Waals surface area contributed by atoms with Gasteiger partial charge in [0, 0.05) is 30.9 Å². The molecule has 0 unspecified atom stereocenters. The van der Waals surface area contributed by atoms with Crippen LogP contribution in [0.2, 0.25) is 0 Å². The van der Waals surface area contributed by atoms with Gasteiger partial charge in [-0.2, -0.15) is 5.26 Å². The number of ether oxygens (including phenoxy) is 1. The monoisotopic (exact) mass is 549 g/mol. The van der Waals surface area contributed by atoms with Crippen molar-refractivity contribution in [3.8, 4) is 6.07 Å². The van der Waals surface area contributed by atoms with E-state index in [-0.39, 0.29) is 37.1 Å². The van der Waals surface area contributed by atoms with Crippen LogP contribution < -0.4 is 21.9 Å². The van der Waals surface area contributed by atoms with Crippen LogP contribution in [0.4, 0.5) is 20.6 Å². The molecule has 2 N–H and O–H groups in total. The number of pyridine rings is 1. The van der Waals surface area contributed by atoms with Crippen molar-refractivity contribution in [1.29, 1.82) is 5.26 Å². The van der Waals surface area contributed by atoms with Gasteiger partial charge in [-0.25, -0.2) is 19.0 Å². The number of benzene rings is 1. The molecule has 2 aliphatic rings. The Morgan fingerprint density at radius 3 is 2.65 bits per heavy atom. The molecule has 0 bridgehead atoms. The summed E-state index contributed by atoms with van der Waals surface area (Å²) in [5.74, 6) is -1.15. The molecule has 1 aliphatic carbocycles. The summed E-state index contributed by atoms with van der Waals surface area (Å²) in [6.45, 7) is 4.37. The van der Waals surface area contributed by atoms with E-state index in [2.05, 4.69) is 15.6 Å². The van der Waals surface area contributed by atoms with E-state index in [1.165, 1.54) is 9.47 Å². The first-order valence-corrected chi connectivity index (χ1v) is 13.0. The van der Waals surface area contributed by atoms with Crippen LogP contribution >= 0.6 is 0 Å². The van der Waals surface area contributed by atoms with Crippen molar-refractivity contribution >= 4 is 34.2 Å². The number of urea groups is 1. The Kier molecular flexibility index (Phi) is 7.36. The highest BCUT2D eigenvalue weighted by Crippen LogP contribution is 2.30. The first-order chi connectivity index (χ1) is 19.2. The van der Waals surface area contributed by atoms with Gasteiger partial charge < -0.3 is 20.3 Å². The molecular formula is C27H28FN7O5. The quantitative estimate of drug-likeness (QED) is 0.479. The van der Waals surface area contributed by atoms with Crippen LogP contribution in [0.1, 0.15) is 38.4 Å². The van der Waals surface area contributed by atoms with Gasteiger partial charge in [-0.3, -0.25) is 18.7 Å². The molecule has 3 heterocycles. The second-order valence-corrected chi connectivity index (χ2v) is 10.2. The zero-order chi connectivity index (χ0) is 28.6. The highest BCUT2D eigenvalue weighted by Gasteiger charge is 2.30. The Morgan fingerprint density at radius 2 is 1.98 bits per heavy atom. The van der Waals surface area contributed by atoms with Gasteiger partial charge in [0.05, 0.1) is 35.9 Å². The number of rotatable bonds is 6. The molecule has 5 rings (SSSR count). The summed E-state index contributed by atoms with van der Waals surface area (Å²) in [4.78, 5) is 57.2. The van der Waals surface area contributed by atoms with Gasteiger partial charge >= 0.3 is 11.7 Å². The summed E-state index contributed by atoms with van der Waals surface area (Å²) >= 11 is 0. The number of fused-ring (bicyclic) bond motifs is 1. The van der Waals surface area contributed by atoms with Gasteiger partial charge in [0.25, 0.3) is 11.5 Å². The highest BCUT2D eigenvalue weighted by molar-refractivity contribution is 5.96. The minimum atomic E-state index is -1.02. The third-order valence-corrected chi connectivity index (χ3v) is 6.93. The molecule has 1 saturated heterocycles. The second kappa shape index (κ2) is 10.9. The third-order valence-electron chi connectivity index (χ3n) is 6.93. The van der Waals surface area contributed by atoms with Crippen LogP contribution in [-0.2, 0) is 16.1 Å². The molecule has 1 aromatic carbocycles. The van der Waals surface area contributed by atoms with E-state index in [1.807, 2.05) is 13.8 Å². The molecule has 0 spiro atoms. The average Bonchev–Trinajstić information content (AvgIpc) is 3.76. The fourth-order valence-electron chi connectivity index (χ4n) is 4.69. The predicted octanol–water partition coefficient (Wildman–Crippen LogP) is 2.43. The number of anilines is 2. The number of amides is 3. The van der Waals surface area contributed by atoms with E-state index in [1.54, 1.807) is 28.8 Å². The van der Waals surface area contributed by atoms with E-state index in [0.29, 0.717) is 29.1 Å². The van der Waals surface area contributed by atoms with Gasteiger partial charge in [-0.15, -0.1) is 0 Å². The number of hydrogen-bond acceptors (Lipinski definition) is 7. The van der Waals surface area contributed by atoms with Crippen molar-refractivity contribution in [1.82, 2.24) is 19.0 Å². The zero-order valence-corrected chi connectivity index (χ0v) is 22.0. The lowest BCUT2D eigenvalue weighted by Crippen LogP contribution is -2.51. The summed E-state index contributed by atoms with van der Waals surface area (Å²) in [5.41, 5.74) is -0.210. The molecule has 13 heteroatoms. The summed E-state index contributed by atoms with van der Waals surface area (Å²) in [7, 11) is 0. The molecule has 40 heavy (non-hydrogen) atoms. The Morgan fingerprint density at radius 1 is 1.20 bits per heavy atom. The number of carbonyl (C=O) groups excluding carboxylic acids is 2. The predicted molar refractivity (Wildman–Crippen MR) is 143 cm³/mol. The number of nitrogens with one attached hydrogen (secondary N) is 2. The smallest absolute Gasteiger partial charge is 0.331 e. The lowest BCUT2D eigenvalue weighted by atomic mass is 10.2. The topological polar surface area (TPSA) is 151 Å². The van der Waals surface area contributed by atoms with Crippen molar-refractivity contribution < 1.29 is 18.7 Å². The molecule has 0 radical (unpaired) electrons. The van der Waals surface area contributed by atoms with E-state index >= 15 is 0 Å². The lowest BCUT2D eigenvalue weighted by molar-refractivity contribution is -0.131. The second-order valence-electron chi connectivity index (χ2n) is 10.2. The van der Waals surface area contributed by atoms with Crippen molar-refractivity contribution in [3.63, 3.8) is 0 Å². The first-order valence-electron chi connectivity index (χ1n) is 13.0. The fraction of sp³-hybridized carbons (Fsp3) is 0.407. The van der Waals surface area contributed by atoms with Gasteiger partial charge in [-0.05, 0) is 50.8 Å². The Balaban J connectivity index is 1.32. The third kappa shape index (κ3) is 5.43. The number of nitrogens with zero attached hydrogens (tertiary/aromatic N) is 5. The first kappa shape index (κ1) is 27.0. The Hall–Kier alpha value is -4.57. The number of aromatic nitrogens is 3. The maximum atomic E-state index is 13.8. The van der Waals surface area contributed by atoms with Crippen molar-refractivity contribution in [2.24, 2.45) is 5.92 Å². The molecule has 1 aliphatic heterocycles. The average molecular weight is 550 g/mol. The molecular weight excluding hydrogens is 521 g/mol.